The van der Waals surface area contributed by atoms with Gasteiger partial charge < -0.3 is 20.3 Å². The highest BCUT2D eigenvalue weighted by Crippen LogP contribution is 2.41. The third-order valence-corrected chi connectivity index (χ3v) is 6.95. The van der Waals surface area contributed by atoms with Gasteiger partial charge in [0.05, 0.1) is 10.7 Å². The number of anilines is 1. The molecular formula is C30H40ClN3O4. The molecule has 0 aromatic heterocycles. The Morgan fingerprint density at radius 2 is 1.71 bits per heavy atom. The minimum atomic E-state index is -0.922. The maximum absolute atomic E-state index is 14.3. The lowest BCUT2D eigenvalue weighted by molar-refractivity contribution is -0.142. The summed E-state index contributed by atoms with van der Waals surface area (Å²) < 4.78 is 5.44. The number of halogens is 1. The molecule has 0 spiro atoms. The fraction of sp³-hybridized carbons (Fsp3) is 0.500. The first-order chi connectivity index (χ1) is 17.7. The van der Waals surface area contributed by atoms with E-state index in [1.165, 1.54) is 0 Å². The van der Waals surface area contributed by atoms with Crippen molar-refractivity contribution in [3.05, 3.63) is 64.2 Å². The van der Waals surface area contributed by atoms with Crippen LogP contribution in [0.15, 0.2) is 42.5 Å². The van der Waals surface area contributed by atoms with Crippen molar-refractivity contribution < 1.29 is 19.1 Å². The number of para-hydroxylation sites is 1. The van der Waals surface area contributed by atoms with Crippen LogP contribution in [0.2, 0.25) is 5.02 Å². The molecule has 0 aliphatic heterocycles. The summed E-state index contributed by atoms with van der Waals surface area (Å²) in [7, 11) is 0. The number of carbonyl (C=O) groups is 3. The van der Waals surface area contributed by atoms with E-state index >= 15 is 0 Å². The SMILES string of the molecule is Cc1cccc(C(C(=O)Nc2c(C)cccc2Cl)N(C(=O)C(NC(=O)OC(C)(C)C)C(C)C)C2CC2C)c1. The van der Waals surface area contributed by atoms with Gasteiger partial charge in [0.25, 0.3) is 5.91 Å². The van der Waals surface area contributed by atoms with E-state index in [0.29, 0.717) is 16.3 Å². The van der Waals surface area contributed by atoms with E-state index in [1.54, 1.807) is 31.7 Å². The number of benzene rings is 2. The molecule has 4 unspecified atom stereocenters. The number of alkyl carbamates (subject to hydrolysis) is 1. The minimum Gasteiger partial charge on any atom is -0.444 e. The quantitative estimate of drug-likeness (QED) is 0.403. The third kappa shape index (κ3) is 7.28. The minimum absolute atomic E-state index is 0.146. The zero-order valence-electron chi connectivity index (χ0n) is 23.6. The first-order valence-electron chi connectivity index (χ1n) is 13.1. The van der Waals surface area contributed by atoms with E-state index in [9.17, 15) is 14.4 Å². The Morgan fingerprint density at radius 1 is 1.08 bits per heavy atom. The maximum atomic E-state index is 14.3. The molecule has 1 aliphatic rings. The lowest BCUT2D eigenvalue weighted by Gasteiger charge is -2.36. The zero-order chi connectivity index (χ0) is 28.4. The lowest BCUT2D eigenvalue weighted by Crippen LogP contribution is -2.55. The number of hydrogen-bond acceptors (Lipinski definition) is 4. The van der Waals surface area contributed by atoms with E-state index in [-0.39, 0.29) is 29.7 Å². The van der Waals surface area contributed by atoms with Crippen molar-refractivity contribution in [1.82, 2.24) is 10.2 Å². The smallest absolute Gasteiger partial charge is 0.408 e. The van der Waals surface area contributed by atoms with Crippen LogP contribution >= 0.6 is 11.6 Å². The molecule has 3 rings (SSSR count). The van der Waals surface area contributed by atoms with Gasteiger partial charge in [-0.25, -0.2) is 4.79 Å². The molecule has 2 aromatic carbocycles. The van der Waals surface area contributed by atoms with Gasteiger partial charge in [0, 0.05) is 6.04 Å². The van der Waals surface area contributed by atoms with E-state index in [2.05, 4.69) is 17.6 Å². The van der Waals surface area contributed by atoms with Crippen molar-refractivity contribution >= 4 is 35.2 Å². The van der Waals surface area contributed by atoms with Gasteiger partial charge in [0.2, 0.25) is 5.91 Å². The summed E-state index contributed by atoms with van der Waals surface area (Å²) in [6, 6.07) is 11.1. The molecule has 38 heavy (non-hydrogen) atoms. The molecule has 206 valence electrons. The van der Waals surface area contributed by atoms with Gasteiger partial charge in [0.1, 0.15) is 17.7 Å². The largest absolute Gasteiger partial charge is 0.444 e. The molecule has 4 atom stereocenters. The van der Waals surface area contributed by atoms with Crippen LogP contribution in [0, 0.1) is 25.7 Å². The summed E-state index contributed by atoms with van der Waals surface area (Å²) in [4.78, 5) is 42.6. The number of rotatable bonds is 8. The summed E-state index contributed by atoms with van der Waals surface area (Å²) in [6.45, 7) is 14.9. The van der Waals surface area contributed by atoms with Crippen LogP contribution < -0.4 is 10.6 Å². The molecule has 7 nitrogen and oxygen atoms in total. The molecule has 0 bridgehead atoms. The number of aryl methyl sites for hydroxylation is 2. The average molecular weight is 542 g/mol. The predicted octanol–water partition coefficient (Wildman–Crippen LogP) is 6.42. The van der Waals surface area contributed by atoms with Crippen molar-refractivity contribution in [3.63, 3.8) is 0 Å². The first kappa shape index (κ1) is 29.5. The van der Waals surface area contributed by atoms with Gasteiger partial charge >= 0.3 is 6.09 Å². The number of nitrogens with one attached hydrogen (secondary N) is 2. The van der Waals surface area contributed by atoms with Crippen LogP contribution in [0.1, 0.15) is 70.7 Å². The molecule has 3 amide bonds. The lowest BCUT2D eigenvalue weighted by atomic mass is 9.97. The van der Waals surface area contributed by atoms with Gasteiger partial charge in [-0.3, -0.25) is 9.59 Å². The number of hydrogen-bond donors (Lipinski definition) is 2. The molecule has 1 fully saturated rings. The van der Waals surface area contributed by atoms with Crippen molar-refractivity contribution in [2.75, 3.05) is 5.32 Å². The Kier molecular flexibility index (Phi) is 9.13. The number of ether oxygens (including phenoxy) is 1. The Morgan fingerprint density at radius 3 is 2.24 bits per heavy atom. The van der Waals surface area contributed by atoms with Gasteiger partial charge in [-0.15, -0.1) is 0 Å². The summed E-state index contributed by atoms with van der Waals surface area (Å²) in [5.41, 5.74) is 2.28. The second kappa shape index (κ2) is 11.8. The number of carbonyl (C=O) groups excluding carboxylic acids is 3. The summed E-state index contributed by atoms with van der Waals surface area (Å²) in [5, 5.41) is 6.18. The second-order valence-electron chi connectivity index (χ2n) is 11.6. The second-order valence-corrected chi connectivity index (χ2v) is 12.0. The Hall–Kier alpha value is -3.06. The predicted molar refractivity (Wildman–Crippen MR) is 151 cm³/mol. The normalized spacial score (nSPS) is 18.4. The van der Waals surface area contributed by atoms with Crippen LogP contribution in [0.5, 0.6) is 0 Å². The molecule has 8 heteroatoms. The number of amides is 3. The highest BCUT2D eigenvalue weighted by atomic mass is 35.5. The van der Waals surface area contributed by atoms with Gasteiger partial charge in [-0.2, -0.15) is 0 Å². The van der Waals surface area contributed by atoms with Crippen LogP contribution in [0.3, 0.4) is 0 Å². The molecule has 0 heterocycles. The van der Waals surface area contributed by atoms with E-state index in [0.717, 1.165) is 17.5 Å². The van der Waals surface area contributed by atoms with Crippen LogP contribution in [-0.4, -0.2) is 40.5 Å². The molecule has 1 saturated carbocycles. The molecule has 2 N–H and O–H groups in total. The molecular weight excluding hydrogens is 502 g/mol. The van der Waals surface area contributed by atoms with E-state index in [1.807, 2.05) is 64.1 Å². The van der Waals surface area contributed by atoms with Crippen molar-refractivity contribution in [1.29, 1.82) is 0 Å². The summed E-state index contributed by atoms with van der Waals surface area (Å²) in [6.07, 6.45) is 0.0977. The molecule has 0 saturated heterocycles. The Labute approximate surface area is 231 Å². The third-order valence-electron chi connectivity index (χ3n) is 6.64. The van der Waals surface area contributed by atoms with Crippen molar-refractivity contribution in [3.8, 4) is 0 Å². The Bertz CT molecular complexity index is 1170. The summed E-state index contributed by atoms with van der Waals surface area (Å²) in [5.74, 6) is -0.703. The highest BCUT2D eigenvalue weighted by Gasteiger charge is 2.48. The Balaban J connectivity index is 2.05. The monoisotopic (exact) mass is 541 g/mol. The first-order valence-corrected chi connectivity index (χ1v) is 13.5. The van der Waals surface area contributed by atoms with Gasteiger partial charge in [0.15, 0.2) is 0 Å². The number of nitrogens with zero attached hydrogens (tertiary/aromatic N) is 1. The fourth-order valence-corrected chi connectivity index (χ4v) is 4.81. The van der Waals surface area contributed by atoms with Crippen molar-refractivity contribution in [2.45, 2.75) is 85.5 Å². The maximum Gasteiger partial charge on any atom is 0.408 e. The van der Waals surface area contributed by atoms with Crippen LogP contribution in [-0.2, 0) is 14.3 Å². The van der Waals surface area contributed by atoms with Gasteiger partial charge in [-0.05, 0) is 70.1 Å². The van der Waals surface area contributed by atoms with Crippen LogP contribution in [0.25, 0.3) is 0 Å². The molecule has 1 aliphatic carbocycles. The van der Waals surface area contributed by atoms with Gasteiger partial charge in [-0.1, -0.05) is 74.3 Å². The van der Waals surface area contributed by atoms with Crippen LogP contribution in [0.4, 0.5) is 10.5 Å². The van der Waals surface area contributed by atoms with E-state index in [4.69, 9.17) is 16.3 Å². The van der Waals surface area contributed by atoms with Crippen molar-refractivity contribution in [2.24, 2.45) is 11.8 Å². The standard InChI is InChI=1S/C30H40ClN3O4/c1-17(2)24(33-29(37)38-30(6,7)8)28(36)34(23-16-20(23)5)26(21-13-9-11-18(3)15-21)27(35)32-25-19(4)12-10-14-22(25)31/h9-15,17,20,23-24,26H,16H2,1-8H3,(H,32,35)(H,33,37). The average Bonchev–Trinajstić information content (AvgIpc) is 3.52. The fourth-order valence-electron chi connectivity index (χ4n) is 4.54. The molecule has 2 aromatic rings. The zero-order valence-corrected chi connectivity index (χ0v) is 24.3. The van der Waals surface area contributed by atoms with E-state index < -0.39 is 23.8 Å². The highest BCUT2D eigenvalue weighted by molar-refractivity contribution is 6.34. The topological polar surface area (TPSA) is 87.7 Å². The summed E-state index contributed by atoms with van der Waals surface area (Å²) >= 11 is 6.44. The molecule has 0 radical (unpaired) electrons.